The molecular formula is C3H9Mo. The number of hydrogen-bond acceptors (Lipinski definition) is 0. The fourth-order valence-corrected chi connectivity index (χ4v) is 0. The van der Waals surface area contributed by atoms with Gasteiger partial charge in [-0.3, -0.25) is 0 Å². The van der Waals surface area contributed by atoms with Crippen molar-refractivity contribution in [3.8, 4) is 0 Å². The Morgan fingerprint density at radius 1 is 0.500 bits per heavy atom. The molecule has 0 fully saturated rings. The Hall–Kier alpha value is 0.688. The Morgan fingerprint density at radius 3 is 0.500 bits per heavy atom. The molecule has 0 amide bonds. The van der Waals surface area contributed by atoms with E-state index in [-0.39, 0.29) is 43.3 Å². The molecule has 0 N–H and O–H groups in total. The van der Waals surface area contributed by atoms with Crippen LogP contribution in [-0.2, 0) is 21.1 Å². The van der Waals surface area contributed by atoms with Gasteiger partial charge in [-0.05, 0) is 0 Å². The third-order valence-electron chi connectivity index (χ3n) is 0. The van der Waals surface area contributed by atoms with Gasteiger partial charge in [0, 0.05) is 0 Å². The number of hydrogen-bond donors (Lipinski definition) is 0. The maximum atomic E-state index is 0. The smallest absolute Gasteiger partial charge is 0.358 e. The van der Waals surface area contributed by atoms with Crippen LogP contribution in [-0.4, -0.2) is 0 Å². The van der Waals surface area contributed by atoms with Crippen LogP contribution >= 0.6 is 0 Å². The van der Waals surface area contributed by atoms with E-state index in [0.717, 1.165) is 0 Å². The summed E-state index contributed by atoms with van der Waals surface area (Å²) >= 11 is 0. The van der Waals surface area contributed by atoms with Gasteiger partial charge < -0.3 is 22.3 Å². The molecule has 1 radical (unpaired) electrons. The van der Waals surface area contributed by atoms with Gasteiger partial charge in [0.15, 0.2) is 0 Å². The molecular weight excluding hydrogens is 132 g/mol. The normalized spacial score (nSPS) is 0. The van der Waals surface area contributed by atoms with Crippen LogP contribution in [0.5, 0.6) is 0 Å². The Labute approximate surface area is 43.9 Å². The van der Waals surface area contributed by atoms with Gasteiger partial charge in [-0.25, -0.2) is 0 Å². The zero-order chi connectivity index (χ0) is 0. The van der Waals surface area contributed by atoms with Crippen molar-refractivity contribution in [2.75, 3.05) is 0 Å². The van der Waals surface area contributed by atoms with E-state index in [1.807, 2.05) is 0 Å². The third kappa shape index (κ3) is 16.2. The Bertz CT molecular complexity index is 3.25. The first-order valence-corrected chi connectivity index (χ1v) is 0. The van der Waals surface area contributed by atoms with Crippen LogP contribution in [0.15, 0.2) is 0 Å². The second kappa shape index (κ2) is 56.3. The first-order chi connectivity index (χ1) is 0. The van der Waals surface area contributed by atoms with E-state index in [1.165, 1.54) is 0 Å². The van der Waals surface area contributed by atoms with Crippen molar-refractivity contribution in [3.05, 3.63) is 22.3 Å². The monoisotopic (exact) mass is 143 g/mol. The fourth-order valence-electron chi connectivity index (χ4n) is 0. The molecule has 0 aliphatic rings. The molecule has 0 aliphatic carbocycles. The van der Waals surface area contributed by atoms with Crippen molar-refractivity contribution in [1.82, 2.24) is 0 Å². The van der Waals surface area contributed by atoms with Gasteiger partial charge in [-0.15, -0.1) is 0 Å². The summed E-state index contributed by atoms with van der Waals surface area (Å²) < 4.78 is 0. The van der Waals surface area contributed by atoms with E-state index in [9.17, 15) is 0 Å². The minimum absolute atomic E-state index is 0. The van der Waals surface area contributed by atoms with Crippen molar-refractivity contribution in [2.24, 2.45) is 0 Å². The molecule has 27 valence electrons. The second-order valence-corrected chi connectivity index (χ2v) is 0. The van der Waals surface area contributed by atoms with E-state index in [1.54, 1.807) is 0 Å². The molecule has 0 nitrogen and oxygen atoms in total. The Kier molecular flexibility index (Phi) is 1890. The molecule has 0 aromatic heterocycles. The van der Waals surface area contributed by atoms with Gasteiger partial charge >= 0.3 is 21.1 Å². The molecule has 0 aromatic carbocycles. The van der Waals surface area contributed by atoms with E-state index < -0.39 is 0 Å². The molecule has 0 atom stereocenters. The second-order valence-electron chi connectivity index (χ2n) is 0. The SMILES string of the molecule is [CH3-].[CH3-].[CH3-].[Mo+3]. The molecule has 0 spiro atoms. The minimum Gasteiger partial charge on any atom is -0.358 e. The summed E-state index contributed by atoms with van der Waals surface area (Å²) in [5.41, 5.74) is 0. The number of rotatable bonds is 0. The van der Waals surface area contributed by atoms with E-state index in [0.29, 0.717) is 0 Å². The van der Waals surface area contributed by atoms with Crippen LogP contribution in [0.25, 0.3) is 0 Å². The van der Waals surface area contributed by atoms with Crippen molar-refractivity contribution in [1.29, 1.82) is 0 Å². The molecule has 0 aromatic rings. The average molecular weight is 141 g/mol. The molecule has 0 heterocycles. The topological polar surface area (TPSA) is 0 Å². The standard InChI is InChI=1S/3CH3.Mo/h3*1H3;/q3*-1;+3. The van der Waals surface area contributed by atoms with Crippen LogP contribution in [0.4, 0.5) is 0 Å². The van der Waals surface area contributed by atoms with E-state index >= 15 is 0 Å². The maximum Gasteiger partial charge on any atom is 3.00 e. The summed E-state index contributed by atoms with van der Waals surface area (Å²) in [6.45, 7) is 0. The predicted molar refractivity (Wildman–Crippen MR) is 19.2 cm³/mol. The van der Waals surface area contributed by atoms with Gasteiger partial charge in [0.1, 0.15) is 0 Å². The quantitative estimate of drug-likeness (QED) is 0.353. The molecule has 0 unspecified atom stereocenters. The first-order valence-electron chi connectivity index (χ1n) is 0. The van der Waals surface area contributed by atoms with Crippen molar-refractivity contribution in [3.63, 3.8) is 0 Å². The van der Waals surface area contributed by atoms with Gasteiger partial charge in [0.25, 0.3) is 0 Å². The Balaban J connectivity index is 0. The molecule has 0 aliphatic heterocycles. The van der Waals surface area contributed by atoms with Gasteiger partial charge in [0.2, 0.25) is 0 Å². The predicted octanol–water partition coefficient (Wildman–Crippen LogP) is 1.35. The van der Waals surface area contributed by atoms with Gasteiger partial charge in [0.05, 0.1) is 0 Å². The van der Waals surface area contributed by atoms with E-state index in [2.05, 4.69) is 0 Å². The van der Waals surface area contributed by atoms with Crippen molar-refractivity contribution < 1.29 is 21.1 Å². The van der Waals surface area contributed by atoms with Crippen LogP contribution < -0.4 is 0 Å². The molecule has 0 saturated carbocycles. The summed E-state index contributed by atoms with van der Waals surface area (Å²) in [7, 11) is 0. The van der Waals surface area contributed by atoms with Gasteiger partial charge in [-0.2, -0.15) is 0 Å². The third-order valence-corrected chi connectivity index (χ3v) is 0. The van der Waals surface area contributed by atoms with Gasteiger partial charge in [-0.1, -0.05) is 0 Å². The van der Waals surface area contributed by atoms with E-state index in [4.69, 9.17) is 0 Å². The molecule has 0 rings (SSSR count). The summed E-state index contributed by atoms with van der Waals surface area (Å²) in [6, 6.07) is 0. The van der Waals surface area contributed by atoms with Crippen LogP contribution in [0, 0.1) is 22.3 Å². The van der Waals surface area contributed by atoms with Crippen molar-refractivity contribution in [2.45, 2.75) is 0 Å². The Morgan fingerprint density at radius 2 is 0.500 bits per heavy atom. The van der Waals surface area contributed by atoms with Crippen LogP contribution in [0.3, 0.4) is 0 Å². The largest absolute Gasteiger partial charge is 3.00 e. The fraction of sp³-hybridized carbons (Fsp3) is 0. The maximum absolute atomic E-state index is 0. The van der Waals surface area contributed by atoms with Crippen LogP contribution in [0.2, 0.25) is 0 Å². The van der Waals surface area contributed by atoms with Crippen LogP contribution in [0.1, 0.15) is 0 Å². The summed E-state index contributed by atoms with van der Waals surface area (Å²) in [6.07, 6.45) is 0. The zero-order valence-corrected chi connectivity index (χ0v) is 5.42. The summed E-state index contributed by atoms with van der Waals surface area (Å²) in [5.74, 6) is 0. The minimum atomic E-state index is 0. The molecule has 0 bridgehead atoms. The summed E-state index contributed by atoms with van der Waals surface area (Å²) in [4.78, 5) is 0. The zero-order valence-electron chi connectivity index (χ0n) is 3.41. The van der Waals surface area contributed by atoms with Crippen molar-refractivity contribution >= 4 is 0 Å². The molecule has 0 saturated heterocycles. The average Bonchev–Trinajstić information content (AvgIpc) is 0. The molecule has 1 heteroatoms. The first kappa shape index (κ1) is 135. The molecule has 4 heavy (non-hydrogen) atoms. The summed E-state index contributed by atoms with van der Waals surface area (Å²) in [5, 5.41) is 0.